The smallest absolute Gasteiger partial charge is 0.0162 e. The van der Waals surface area contributed by atoms with E-state index in [-0.39, 0.29) is 0 Å². The molecule has 1 aromatic rings. The Morgan fingerprint density at radius 3 is 1.96 bits per heavy atom. The average molecular weight is 351 g/mol. The highest BCUT2D eigenvalue weighted by Gasteiger charge is 2.30. The first kappa shape index (κ1) is 19.5. The van der Waals surface area contributed by atoms with Crippen LogP contribution in [0.25, 0.3) is 0 Å². The van der Waals surface area contributed by atoms with E-state index in [4.69, 9.17) is 0 Å². The van der Waals surface area contributed by atoms with E-state index >= 15 is 0 Å². The largest absolute Gasteiger partial charge is 0.0917 e. The van der Waals surface area contributed by atoms with Crippen molar-refractivity contribution in [2.75, 3.05) is 0 Å². The molecule has 1 aromatic carbocycles. The van der Waals surface area contributed by atoms with Gasteiger partial charge in [0.2, 0.25) is 0 Å². The van der Waals surface area contributed by atoms with Gasteiger partial charge in [0.15, 0.2) is 0 Å². The van der Waals surface area contributed by atoms with E-state index in [0.717, 1.165) is 30.1 Å². The molecule has 0 aromatic heterocycles. The lowest BCUT2D eigenvalue weighted by atomic mass is 9.68. The van der Waals surface area contributed by atoms with Crippen LogP contribution in [-0.4, -0.2) is 0 Å². The van der Waals surface area contributed by atoms with Crippen LogP contribution in [0.4, 0.5) is 0 Å². The van der Waals surface area contributed by atoms with E-state index in [1.807, 2.05) is 0 Å². The van der Waals surface area contributed by atoms with Crippen LogP contribution in [0.5, 0.6) is 0 Å². The molecule has 142 valence electrons. The maximum Gasteiger partial charge on any atom is -0.0162 e. The Balaban J connectivity index is 1.45. The Labute approximate surface area is 161 Å². The zero-order valence-electron chi connectivity index (χ0n) is 17.0. The average Bonchev–Trinajstić information content (AvgIpc) is 2.70. The van der Waals surface area contributed by atoms with E-state index in [2.05, 4.69) is 62.4 Å². The normalized spacial score (nSPS) is 30.2. The summed E-state index contributed by atoms with van der Waals surface area (Å²) in [4.78, 5) is 0. The monoisotopic (exact) mass is 350 g/mol. The van der Waals surface area contributed by atoms with Crippen LogP contribution < -0.4 is 0 Å². The van der Waals surface area contributed by atoms with Crippen molar-refractivity contribution in [1.82, 2.24) is 0 Å². The Morgan fingerprint density at radius 1 is 0.769 bits per heavy atom. The molecular weight excluding hydrogens is 312 g/mol. The number of rotatable bonds is 6. The minimum Gasteiger partial charge on any atom is -0.0917 e. The Morgan fingerprint density at radius 2 is 1.38 bits per heavy atom. The third-order valence-corrected chi connectivity index (χ3v) is 7.01. The van der Waals surface area contributed by atoms with Gasteiger partial charge in [-0.15, -0.1) is 0 Å². The van der Waals surface area contributed by atoms with Crippen molar-refractivity contribution in [3.63, 3.8) is 0 Å². The zero-order valence-corrected chi connectivity index (χ0v) is 17.0. The Kier molecular flexibility index (Phi) is 7.59. The van der Waals surface area contributed by atoms with E-state index in [0.29, 0.717) is 0 Å². The Hall–Kier alpha value is -1.30. The van der Waals surface area contributed by atoms with Gasteiger partial charge in [-0.05, 0) is 113 Å². The van der Waals surface area contributed by atoms with E-state index in [1.54, 1.807) is 5.56 Å². The maximum absolute atomic E-state index is 2.44. The summed E-state index contributed by atoms with van der Waals surface area (Å²) in [6.45, 7) is 4.27. The molecule has 0 radical (unpaired) electrons. The van der Waals surface area contributed by atoms with Crippen LogP contribution >= 0.6 is 0 Å². The van der Waals surface area contributed by atoms with Crippen LogP contribution in [0.3, 0.4) is 0 Å². The van der Waals surface area contributed by atoms with Gasteiger partial charge in [0, 0.05) is 0 Å². The van der Waals surface area contributed by atoms with Gasteiger partial charge in [0.25, 0.3) is 0 Å². The molecular formula is C26H38. The van der Waals surface area contributed by atoms with Crippen molar-refractivity contribution < 1.29 is 0 Å². The van der Waals surface area contributed by atoms with E-state index in [9.17, 15) is 0 Å². The van der Waals surface area contributed by atoms with Gasteiger partial charge >= 0.3 is 0 Å². The van der Waals surface area contributed by atoms with Crippen molar-refractivity contribution in [3.8, 4) is 0 Å². The molecule has 2 fully saturated rings. The summed E-state index contributed by atoms with van der Waals surface area (Å²) < 4.78 is 0. The summed E-state index contributed by atoms with van der Waals surface area (Å²) in [6, 6.07) is 9.57. The third-order valence-electron chi connectivity index (χ3n) is 7.01. The van der Waals surface area contributed by atoms with Gasteiger partial charge in [-0.3, -0.25) is 0 Å². The molecule has 0 nitrogen and oxygen atoms in total. The number of hydrogen-bond donors (Lipinski definition) is 0. The SMILES string of the molecule is C/C=C/CCc1ccc(C2CCC(C3CCC(/C=C/C)CC3)CC2)cc1. The summed E-state index contributed by atoms with van der Waals surface area (Å²) in [5.41, 5.74) is 3.08. The van der Waals surface area contributed by atoms with Crippen molar-refractivity contribution in [2.45, 2.75) is 84.0 Å². The molecule has 0 aliphatic heterocycles. The highest BCUT2D eigenvalue weighted by molar-refractivity contribution is 5.26. The molecule has 0 heterocycles. The molecule has 0 atom stereocenters. The summed E-state index contributed by atoms with van der Waals surface area (Å²) in [6.07, 6.45) is 23.0. The second-order valence-corrected chi connectivity index (χ2v) is 8.66. The highest BCUT2D eigenvalue weighted by Crippen LogP contribution is 2.44. The van der Waals surface area contributed by atoms with E-state index in [1.165, 1.54) is 63.4 Å². The first-order valence-corrected chi connectivity index (χ1v) is 11.1. The zero-order chi connectivity index (χ0) is 18.2. The second kappa shape index (κ2) is 10.1. The van der Waals surface area contributed by atoms with E-state index < -0.39 is 0 Å². The molecule has 2 aliphatic carbocycles. The minimum absolute atomic E-state index is 0.815. The van der Waals surface area contributed by atoms with Gasteiger partial charge in [0.1, 0.15) is 0 Å². The Bertz CT molecular complexity index is 561. The lowest BCUT2D eigenvalue weighted by Crippen LogP contribution is -2.25. The molecule has 0 unspecified atom stereocenters. The molecule has 0 bridgehead atoms. The highest BCUT2D eigenvalue weighted by atomic mass is 14.4. The summed E-state index contributed by atoms with van der Waals surface area (Å²) >= 11 is 0. The second-order valence-electron chi connectivity index (χ2n) is 8.66. The maximum atomic E-state index is 2.44. The predicted molar refractivity (Wildman–Crippen MR) is 115 cm³/mol. The first-order valence-electron chi connectivity index (χ1n) is 11.1. The molecule has 3 rings (SSSR count). The van der Waals surface area contributed by atoms with Crippen molar-refractivity contribution in [3.05, 3.63) is 59.7 Å². The predicted octanol–water partition coefficient (Wildman–Crippen LogP) is 7.85. The molecule has 26 heavy (non-hydrogen) atoms. The number of benzene rings is 1. The van der Waals surface area contributed by atoms with Crippen molar-refractivity contribution in [1.29, 1.82) is 0 Å². The standard InChI is InChI=1S/C26H38/c1-3-5-6-8-22-11-15-24(16-12-22)26-19-17-25(18-20-26)23-13-9-21(7-4-2)10-14-23/h3-5,7,11-12,15-16,21,23,25-26H,6,8-10,13-14,17-20H2,1-2H3/b5-3+,7-4+. The van der Waals surface area contributed by atoms with Gasteiger partial charge in [-0.2, -0.15) is 0 Å². The van der Waals surface area contributed by atoms with Gasteiger partial charge in [0.05, 0.1) is 0 Å². The number of allylic oxidation sites excluding steroid dienone is 4. The van der Waals surface area contributed by atoms with Gasteiger partial charge in [-0.25, -0.2) is 0 Å². The lowest BCUT2D eigenvalue weighted by Gasteiger charge is -2.37. The molecule has 0 heteroatoms. The summed E-state index contributed by atoms with van der Waals surface area (Å²) in [5, 5.41) is 0. The van der Waals surface area contributed by atoms with Gasteiger partial charge in [-0.1, -0.05) is 48.6 Å². The summed E-state index contributed by atoms with van der Waals surface area (Å²) in [5.74, 6) is 3.72. The van der Waals surface area contributed by atoms with Crippen LogP contribution in [0, 0.1) is 17.8 Å². The van der Waals surface area contributed by atoms with Crippen LogP contribution in [-0.2, 0) is 6.42 Å². The lowest BCUT2D eigenvalue weighted by molar-refractivity contribution is 0.171. The fraction of sp³-hybridized carbons (Fsp3) is 0.615. The van der Waals surface area contributed by atoms with Crippen LogP contribution in [0.15, 0.2) is 48.6 Å². The molecule has 2 aliphatic rings. The van der Waals surface area contributed by atoms with Gasteiger partial charge < -0.3 is 0 Å². The number of aryl methyl sites for hydroxylation is 1. The molecule has 0 amide bonds. The summed E-state index contributed by atoms with van der Waals surface area (Å²) in [7, 11) is 0. The first-order chi connectivity index (χ1) is 12.8. The molecule has 0 spiro atoms. The molecule has 0 N–H and O–H groups in total. The van der Waals surface area contributed by atoms with Crippen molar-refractivity contribution >= 4 is 0 Å². The molecule has 2 saturated carbocycles. The molecule has 0 saturated heterocycles. The van der Waals surface area contributed by atoms with Crippen LogP contribution in [0.1, 0.15) is 88.7 Å². The third kappa shape index (κ3) is 5.35. The number of hydrogen-bond acceptors (Lipinski definition) is 0. The van der Waals surface area contributed by atoms with Crippen LogP contribution in [0.2, 0.25) is 0 Å². The van der Waals surface area contributed by atoms with Crippen molar-refractivity contribution in [2.24, 2.45) is 17.8 Å². The fourth-order valence-electron chi connectivity index (χ4n) is 5.38. The quantitative estimate of drug-likeness (QED) is 0.458. The fourth-order valence-corrected chi connectivity index (χ4v) is 5.38. The topological polar surface area (TPSA) is 0 Å². The minimum atomic E-state index is 0.815.